The highest BCUT2D eigenvalue weighted by Gasteiger charge is 2.13. The summed E-state index contributed by atoms with van der Waals surface area (Å²) in [5, 5.41) is 8.85. The first-order valence-corrected chi connectivity index (χ1v) is 6.24. The Hall–Kier alpha value is -1.58. The van der Waals surface area contributed by atoms with Crippen molar-refractivity contribution in [1.29, 1.82) is 0 Å². The van der Waals surface area contributed by atoms with Crippen LogP contribution < -0.4 is 5.56 Å². The van der Waals surface area contributed by atoms with Crippen molar-refractivity contribution >= 4 is 5.97 Å². The Morgan fingerprint density at radius 2 is 2.00 bits per heavy atom. The Bertz CT molecular complexity index is 500. The lowest BCUT2D eigenvalue weighted by atomic mass is 10.1. The lowest BCUT2D eigenvalue weighted by Crippen LogP contribution is -2.28. The summed E-state index contributed by atoms with van der Waals surface area (Å²) in [4.78, 5) is 23.0. The van der Waals surface area contributed by atoms with Gasteiger partial charge >= 0.3 is 5.97 Å². The lowest BCUT2D eigenvalue weighted by Gasteiger charge is -2.14. The smallest absolute Gasteiger partial charge is 0.308 e. The first-order valence-electron chi connectivity index (χ1n) is 6.24. The average Bonchev–Trinajstić information content (AvgIpc) is 2.23. The molecule has 0 saturated carbocycles. The maximum Gasteiger partial charge on any atom is 0.308 e. The molecule has 0 radical (unpaired) electrons. The van der Waals surface area contributed by atoms with Gasteiger partial charge in [0.2, 0.25) is 0 Å². The van der Waals surface area contributed by atoms with E-state index in [0.717, 1.165) is 17.7 Å². The Balaban J connectivity index is 3.18. The monoisotopic (exact) mass is 251 g/mol. The zero-order valence-corrected chi connectivity index (χ0v) is 11.5. The Morgan fingerprint density at radius 3 is 2.50 bits per heavy atom. The number of pyridine rings is 1. The molecule has 0 fully saturated rings. The summed E-state index contributed by atoms with van der Waals surface area (Å²) in [6.07, 6.45) is 0.711. The van der Waals surface area contributed by atoms with Crippen LogP contribution in [0.25, 0.3) is 0 Å². The second-order valence-electron chi connectivity index (χ2n) is 5.16. The minimum Gasteiger partial charge on any atom is -0.481 e. The van der Waals surface area contributed by atoms with Crippen LogP contribution in [0.15, 0.2) is 10.9 Å². The third-order valence-corrected chi connectivity index (χ3v) is 3.09. The minimum absolute atomic E-state index is 0.157. The molecule has 1 N–H and O–H groups in total. The molecule has 0 amide bonds. The number of carboxylic acids is 1. The quantitative estimate of drug-likeness (QED) is 0.872. The molecule has 0 aliphatic carbocycles. The van der Waals surface area contributed by atoms with E-state index in [9.17, 15) is 9.59 Å². The number of hydrogen-bond acceptors (Lipinski definition) is 2. The number of rotatable bonds is 5. The number of carboxylic acid groups (broad SMARTS) is 1. The van der Waals surface area contributed by atoms with E-state index in [4.69, 9.17) is 5.11 Å². The standard InChI is InChI=1S/C14H21NO3/c1-9(2)5-6-15-11(4)7-10(3)12(14(15)18)8-13(16)17/h7,9H,5-6,8H2,1-4H3,(H,16,17). The third kappa shape index (κ3) is 3.45. The van der Waals surface area contributed by atoms with E-state index >= 15 is 0 Å². The summed E-state index contributed by atoms with van der Waals surface area (Å²) < 4.78 is 1.69. The summed E-state index contributed by atoms with van der Waals surface area (Å²) in [6.45, 7) is 8.54. The highest BCUT2D eigenvalue weighted by atomic mass is 16.4. The minimum atomic E-state index is -0.963. The molecule has 0 aliphatic heterocycles. The highest BCUT2D eigenvalue weighted by Crippen LogP contribution is 2.09. The van der Waals surface area contributed by atoms with Gasteiger partial charge in [-0.2, -0.15) is 0 Å². The van der Waals surface area contributed by atoms with Gasteiger partial charge in [0.05, 0.1) is 6.42 Å². The van der Waals surface area contributed by atoms with E-state index < -0.39 is 5.97 Å². The zero-order chi connectivity index (χ0) is 13.9. The highest BCUT2D eigenvalue weighted by molar-refractivity contribution is 5.70. The second-order valence-corrected chi connectivity index (χ2v) is 5.16. The molecule has 18 heavy (non-hydrogen) atoms. The van der Waals surface area contributed by atoms with Gasteiger partial charge in [-0.05, 0) is 37.8 Å². The van der Waals surface area contributed by atoms with Crippen LogP contribution in [-0.4, -0.2) is 15.6 Å². The normalized spacial score (nSPS) is 10.9. The van der Waals surface area contributed by atoms with Crippen LogP contribution in [0.2, 0.25) is 0 Å². The summed E-state index contributed by atoms with van der Waals surface area (Å²) in [6, 6.07) is 1.89. The average molecular weight is 251 g/mol. The molecule has 0 atom stereocenters. The van der Waals surface area contributed by atoms with Crippen LogP contribution in [-0.2, 0) is 17.8 Å². The van der Waals surface area contributed by atoms with Gasteiger partial charge in [0, 0.05) is 17.8 Å². The van der Waals surface area contributed by atoms with Crippen molar-refractivity contribution in [2.75, 3.05) is 0 Å². The van der Waals surface area contributed by atoms with Crippen molar-refractivity contribution in [2.45, 2.75) is 47.1 Å². The fraction of sp³-hybridized carbons (Fsp3) is 0.571. The topological polar surface area (TPSA) is 59.3 Å². The van der Waals surface area contributed by atoms with Crippen molar-refractivity contribution in [1.82, 2.24) is 4.57 Å². The van der Waals surface area contributed by atoms with Crippen molar-refractivity contribution in [3.63, 3.8) is 0 Å². The van der Waals surface area contributed by atoms with Crippen LogP contribution in [0.4, 0.5) is 0 Å². The maximum atomic E-state index is 12.3. The predicted octanol–water partition coefficient (Wildman–Crippen LogP) is 2.14. The maximum absolute atomic E-state index is 12.3. The van der Waals surface area contributed by atoms with E-state index in [0.29, 0.717) is 18.0 Å². The molecule has 1 aromatic rings. The fourth-order valence-corrected chi connectivity index (χ4v) is 2.00. The summed E-state index contributed by atoms with van der Waals surface area (Å²) in [7, 11) is 0. The Kier molecular flexibility index (Phi) is 4.70. The van der Waals surface area contributed by atoms with Gasteiger partial charge in [0.1, 0.15) is 0 Å². The number of carbonyl (C=O) groups is 1. The van der Waals surface area contributed by atoms with Crippen LogP contribution >= 0.6 is 0 Å². The number of nitrogens with zero attached hydrogens (tertiary/aromatic N) is 1. The zero-order valence-electron chi connectivity index (χ0n) is 11.5. The molecule has 0 unspecified atom stereocenters. The Labute approximate surface area is 107 Å². The molecule has 1 heterocycles. The SMILES string of the molecule is Cc1cc(C)n(CCC(C)C)c(=O)c1CC(=O)O. The lowest BCUT2D eigenvalue weighted by molar-refractivity contribution is -0.136. The fourth-order valence-electron chi connectivity index (χ4n) is 2.00. The van der Waals surface area contributed by atoms with E-state index in [-0.39, 0.29) is 12.0 Å². The van der Waals surface area contributed by atoms with Gasteiger partial charge < -0.3 is 9.67 Å². The number of aromatic nitrogens is 1. The summed E-state index contributed by atoms with van der Waals surface area (Å²) in [5.74, 6) is -0.449. The van der Waals surface area contributed by atoms with E-state index in [2.05, 4.69) is 13.8 Å². The molecular formula is C14H21NO3. The van der Waals surface area contributed by atoms with Crippen molar-refractivity contribution < 1.29 is 9.90 Å². The molecule has 4 nitrogen and oxygen atoms in total. The first-order chi connectivity index (χ1) is 8.32. The van der Waals surface area contributed by atoms with E-state index in [1.807, 2.05) is 13.0 Å². The van der Waals surface area contributed by atoms with E-state index in [1.54, 1.807) is 11.5 Å². The second kappa shape index (κ2) is 5.85. The van der Waals surface area contributed by atoms with Gasteiger partial charge in [-0.1, -0.05) is 13.8 Å². The molecule has 0 aliphatic rings. The molecule has 0 saturated heterocycles. The van der Waals surface area contributed by atoms with Gasteiger partial charge in [-0.25, -0.2) is 0 Å². The van der Waals surface area contributed by atoms with Crippen molar-refractivity contribution in [2.24, 2.45) is 5.92 Å². The molecule has 4 heteroatoms. The predicted molar refractivity (Wildman–Crippen MR) is 71.0 cm³/mol. The summed E-state index contributed by atoms with van der Waals surface area (Å²) >= 11 is 0. The summed E-state index contributed by atoms with van der Waals surface area (Å²) in [5.41, 5.74) is 1.90. The van der Waals surface area contributed by atoms with Gasteiger partial charge in [0.15, 0.2) is 0 Å². The van der Waals surface area contributed by atoms with Crippen molar-refractivity contribution in [3.8, 4) is 0 Å². The molecule has 0 bridgehead atoms. The largest absolute Gasteiger partial charge is 0.481 e. The van der Waals surface area contributed by atoms with Crippen LogP contribution in [0.1, 0.15) is 37.1 Å². The van der Waals surface area contributed by atoms with Gasteiger partial charge in [0.25, 0.3) is 5.56 Å². The molecule has 100 valence electrons. The first kappa shape index (κ1) is 14.5. The molecular weight excluding hydrogens is 230 g/mol. The number of aliphatic carboxylic acids is 1. The van der Waals surface area contributed by atoms with Crippen LogP contribution in [0, 0.1) is 19.8 Å². The molecule has 1 rings (SSSR count). The molecule has 1 aromatic heterocycles. The van der Waals surface area contributed by atoms with Gasteiger partial charge in [-0.3, -0.25) is 9.59 Å². The molecule has 0 spiro atoms. The van der Waals surface area contributed by atoms with Crippen LogP contribution in [0.5, 0.6) is 0 Å². The van der Waals surface area contributed by atoms with Crippen molar-refractivity contribution in [3.05, 3.63) is 33.2 Å². The van der Waals surface area contributed by atoms with E-state index in [1.165, 1.54) is 0 Å². The van der Waals surface area contributed by atoms with Gasteiger partial charge in [-0.15, -0.1) is 0 Å². The number of aryl methyl sites for hydroxylation is 2. The molecule has 0 aromatic carbocycles. The Morgan fingerprint density at radius 1 is 1.39 bits per heavy atom. The number of hydrogen-bond donors (Lipinski definition) is 1. The van der Waals surface area contributed by atoms with Crippen LogP contribution in [0.3, 0.4) is 0 Å². The third-order valence-electron chi connectivity index (χ3n) is 3.09.